The molecule has 0 atom stereocenters. The van der Waals surface area contributed by atoms with Crippen LogP contribution in [0.2, 0.25) is 0 Å². The van der Waals surface area contributed by atoms with E-state index in [1.54, 1.807) is 34.0 Å². The highest BCUT2D eigenvalue weighted by molar-refractivity contribution is 7.27. The number of carbonyl (C=O) groups excluding carboxylic acids is 2. The zero-order valence-corrected chi connectivity index (χ0v) is 43.1. The second kappa shape index (κ2) is 24.5. The van der Waals surface area contributed by atoms with E-state index >= 15 is 0 Å². The van der Waals surface area contributed by atoms with Crippen molar-refractivity contribution in [1.82, 2.24) is 0 Å². The number of hydrogen-bond acceptors (Lipinski definition) is 9. The Bertz CT molecular complexity index is 3310. The lowest BCUT2D eigenvalue weighted by molar-refractivity contribution is 0.111. The van der Waals surface area contributed by atoms with Gasteiger partial charge in [0, 0.05) is 44.7 Å². The predicted octanol–water partition coefficient (Wildman–Crippen LogP) is 19.7. The first-order valence-electron chi connectivity index (χ1n) is 22.6. The summed E-state index contributed by atoms with van der Waals surface area (Å²) < 4.78 is 0. The van der Waals surface area contributed by atoms with Gasteiger partial charge in [-0.2, -0.15) is 0 Å². The van der Waals surface area contributed by atoms with Crippen LogP contribution in [0.4, 0.5) is 5.69 Å². The molecule has 12 aromatic rings. The summed E-state index contributed by atoms with van der Waals surface area (Å²) in [6.45, 7) is 0. The molecule has 346 valence electrons. The van der Waals surface area contributed by atoms with Gasteiger partial charge >= 0.3 is 0 Å². The van der Waals surface area contributed by atoms with Crippen molar-refractivity contribution in [3.63, 3.8) is 0 Å². The van der Waals surface area contributed by atoms with Gasteiger partial charge in [0.05, 0.1) is 9.75 Å². The van der Waals surface area contributed by atoms with E-state index in [1.165, 1.54) is 86.7 Å². The van der Waals surface area contributed by atoms with E-state index < -0.39 is 0 Å². The van der Waals surface area contributed by atoms with Gasteiger partial charge in [0.1, 0.15) is 0 Å². The zero-order chi connectivity index (χ0) is 48.6. The van der Waals surface area contributed by atoms with E-state index in [9.17, 15) is 9.59 Å². The molecule has 0 amide bonds. The standard InChI is InChI=1S/C18H15N.C18H14.C14H8O2S3.C12H8S3/c19-18-12-10-17(11-13-18)16-8-6-15(7-9-16)14-4-2-1-3-5-14;1-3-7-15(8-4-1)17-11-13-18(14-12-17)16-9-5-2-6-10-16;15-7-9-1-3-11(17-9)13-5-6-14(19-13)12-4-2-10(8-16)18-12;1-3-9(13-7-1)11-5-6-12(15-11)10-4-2-8-14-10/h1-13H,19H2;1-14H;1-8H;1-8H. The maximum atomic E-state index is 10.7. The number of hydrogen-bond donors (Lipinski definition) is 1. The summed E-state index contributed by atoms with van der Waals surface area (Å²) in [4.78, 5) is 32.8. The molecule has 0 bridgehead atoms. The molecule has 3 nitrogen and oxygen atoms in total. The minimum atomic E-state index is 0.740. The van der Waals surface area contributed by atoms with Crippen molar-refractivity contribution < 1.29 is 9.59 Å². The molecular weight excluding hydrogens is 983 g/mol. The average molecular weight is 1030 g/mol. The number of carbonyl (C=O) groups is 2. The summed E-state index contributed by atoms with van der Waals surface area (Å²) in [6, 6.07) is 81.3. The van der Waals surface area contributed by atoms with Crippen molar-refractivity contribution in [3.8, 4) is 83.5 Å². The monoisotopic (exact) mass is 1030 g/mol. The van der Waals surface area contributed by atoms with Crippen molar-refractivity contribution in [2.45, 2.75) is 0 Å². The summed E-state index contributed by atoms with van der Waals surface area (Å²) in [6.07, 6.45) is 1.75. The minimum absolute atomic E-state index is 0.740. The largest absolute Gasteiger partial charge is 0.399 e. The molecule has 0 aliphatic rings. The Morgan fingerprint density at radius 2 is 0.521 bits per heavy atom. The van der Waals surface area contributed by atoms with Crippen LogP contribution in [0.5, 0.6) is 0 Å². The summed E-state index contributed by atoms with van der Waals surface area (Å²) in [5.74, 6) is 0. The molecule has 6 aromatic carbocycles. The number of aldehydes is 2. The van der Waals surface area contributed by atoms with Crippen molar-refractivity contribution >= 4 is 86.3 Å². The van der Waals surface area contributed by atoms with Gasteiger partial charge in [0.15, 0.2) is 12.6 Å². The van der Waals surface area contributed by atoms with Crippen LogP contribution < -0.4 is 5.73 Å². The second-order valence-electron chi connectivity index (χ2n) is 15.8. The van der Waals surface area contributed by atoms with Crippen LogP contribution in [-0.2, 0) is 0 Å². The van der Waals surface area contributed by atoms with Crippen LogP contribution in [-0.4, -0.2) is 12.6 Å². The maximum absolute atomic E-state index is 10.7. The molecule has 12 rings (SSSR count). The van der Waals surface area contributed by atoms with Gasteiger partial charge in [0.25, 0.3) is 0 Å². The highest BCUT2D eigenvalue weighted by Gasteiger charge is 2.10. The van der Waals surface area contributed by atoms with Crippen LogP contribution in [0, 0.1) is 0 Å². The molecule has 0 fully saturated rings. The van der Waals surface area contributed by atoms with Crippen LogP contribution in [0.25, 0.3) is 83.5 Å². The van der Waals surface area contributed by atoms with Crippen LogP contribution in [0.3, 0.4) is 0 Å². The van der Waals surface area contributed by atoms with E-state index in [-0.39, 0.29) is 0 Å². The third-order valence-electron chi connectivity index (χ3n) is 11.0. The van der Waals surface area contributed by atoms with Crippen LogP contribution >= 0.6 is 68.0 Å². The zero-order valence-electron chi connectivity index (χ0n) is 38.2. The van der Waals surface area contributed by atoms with Crippen molar-refractivity contribution in [2.75, 3.05) is 5.73 Å². The van der Waals surface area contributed by atoms with E-state index in [1.807, 2.05) is 78.1 Å². The molecule has 0 unspecified atom stereocenters. The molecular formula is C62H45NO2S6. The second-order valence-corrected chi connectivity index (χ2v) is 22.1. The highest BCUT2D eigenvalue weighted by atomic mass is 32.1. The van der Waals surface area contributed by atoms with Crippen LogP contribution in [0.15, 0.2) is 247 Å². The molecule has 0 saturated heterocycles. The molecule has 9 heteroatoms. The van der Waals surface area contributed by atoms with Gasteiger partial charge in [-0.05, 0) is 128 Å². The van der Waals surface area contributed by atoms with Crippen molar-refractivity contribution in [1.29, 1.82) is 0 Å². The molecule has 6 aromatic heterocycles. The minimum Gasteiger partial charge on any atom is -0.399 e. The first-order chi connectivity index (χ1) is 35.0. The van der Waals surface area contributed by atoms with Gasteiger partial charge in [-0.3, -0.25) is 9.59 Å². The quantitative estimate of drug-likeness (QED) is 0.110. The van der Waals surface area contributed by atoms with Crippen LogP contribution in [0.1, 0.15) is 19.3 Å². The van der Waals surface area contributed by atoms with Gasteiger partial charge < -0.3 is 5.73 Å². The highest BCUT2D eigenvalue weighted by Crippen LogP contribution is 2.40. The molecule has 2 N–H and O–H groups in total. The fourth-order valence-corrected chi connectivity index (χ4v) is 12.9. The van der Waals surface area contributed by atoms with Crippen molar-refractivity contribution in [3.05, 3.63) is 257 Å². The summed E-state index contributed by atoms with van der Waals surface area (Å²) in [5, 5.41) is 4.25. The Morgan fingerprint density at radius 3 is 0.803 bits per heavy atom. The summed E-state index contributed by atoms with van der Waals surface area (Å²) in [5.41, 5.74) is 16.4. The maximum Gasteiger partial charge on any atom is 0.160 e. The Kier molecular flexibility index (Phi) is 16.8. The smallest absolute Gasteiger partial charge is 0.160 e. The van der Waals surface area contributed by atoms with E-state index in [4.69, 9.17) is 5.73 Å². The van der Waals surface area contributed by atoms with Gasteiger partial charge in [-0.25, -0.2) is 0 Å². The Balaban J connectivity index is 0.000000118. The molecule has 0 spiro atoms. The fourth-order valence-electron chi connectivity index (χ4n) is 7.42. The topological polar surface area (TPSA) is 60.2 Å². The molecule has 0 radical (unpaired) electrons. The van der Waals surface area contributed by atoms with E-state index in [0.717, 1.165) is 47.5 Å². The third kappa shape index (κ3) is 13.1. The molecule has 6 heterocycles. The van der Waals surface area contributed by atoms with Gasteiger partial charge in [0.2, 0.25) is 0 Å². The number of nitrogen functional groups attached to an aromatic ring is 1. The fraction of sp³-hybridized carbons (Fsp3) is 0. The number of benzene rings is 6. The van der Waals surface area contributed by atoms with Gasteiger partial charge in [-0.1, -0.05) is 164 Å². The number of rotatable bonds is 10. The number of anilines is 1. The Labute approximate surface area is 438 Å². The molecule has 71 heavy (non-hydrogen) atoms. The molecule has 0 saturated carbocycles. The third-order valence-corrected chi connectivity index (χ3v) is 17.8. The first-order valence-corrected chi connectivity index (χ1v) is 27.6. The summed E-state index contributed by atoms with van der Waals surface area (Å²) in [7, 11) is 0. The van der Waals surface area contributed by atoms with Crippen molar-refractivity contribution in [2.24, 2.45) is 0 Å². The lowest BCUT2D eigenvalue weighted by Gasteiger charge is -2.05. The van der Waals surface area contributed by atoms with Gasteiger partial charge in [-0.15, -0.1) is 68.0 Å². The Hall–Kier alpha value is -7.34. The van der Waals surface area contributed by atoms with E-state index in [2.05, 4.69) is 181 Å². The Morgan fingerprint density at radius 1 is 0.254 bits per heavy atom. The lowest BCUT2D eigenvalue weighted by Crippen LogP contribution is -1.84. The predicted molar refractivity (Wildman–Crippen MR) is 312 cm³/mol. The molecule has 0 aliphatic heterocycles. The van der Waals surface area contributed by atoms with E-state index in [0.29, 0.717) is 0 Å². The SMILES string of the molecule is Nc1ccc(-c2ccc(-c3ccccc3)cc2)cc1.O=Cc1ccc(-c2ccc(-c3ccc(C=O)s3)s2)s1.c1ccc(-c2ccc(-c3ccccc3)cc2)cc1.c1csc(-c2ccc(-c3cccs3)s2)c1. The summed E-state index contributed by atoms with van der Waals surface area (Å²) >= 11 is 10.1. The molecule has 0 aliphatic carbocycles. The lowest BCUT2D eigenvalue weighted by atomic mass is 10.0. The normalized spacial score (nSPS) is 10.4. The average Bonchev–Trinajstić information content (AvgIpc) is 4.31. The number of thiophene rings is 6. The number of nitrogens with two attached hydrogens (primary N) is 1. The first kappa shape index (κ1) is 48.7.